The Balaban J connectivity index is 2.78. The molecule has 0 aliphatic heterocycles. The number of halogens is 3. The summed E-state index contributed by atoms with van der Waals surface area (Å²) in [6.45, 7) is -0.492. The summed E-state index contributed by atoms with van der Waals surface area (Å²) in [5.74, 6) is -0.240. The molecular weight excluding hydrogens is 221 g/mol. The zero-order chi connectivity index (χ0) is 12.2. The Labute approximate surface area is 91.0 Å². The Hall–Kier alpha value is -1.52. The van der Waals surface area contributed by atoms with E-state index in [1.807, 2.05) is 0 Å². The molecule has 0 aromatic heterocycles. The number of benzene rings is 1. The number of rotatable bonds is 5. The summed E-state index contributed by atoms with van der Waals surface area (Å²) < 4.78 is 41.1. The van der Waals surface area contributed by atoms with Crippen LogP contribution in [0, 0.1) is 0 Å². The second-order valence-corrected chi connectivity index (χ2v) is 3.40. The molecule has 0 unspecified atom stereocenters. The third-order valence-corrected chi connectivity index (χ3v) is 1.77. The summed E-state index contributed by atoms with van der Waals surface area (Å²) in [7, 11) is 0. The van der Waals surface area contributed by atoms with Gasteiger partial charge in [-0.2, -0.15) is 8.78 Å². The predicted molar refractivity (Wildman–Crippen MR) is 52.4 cm³/mol. The van der Waals surface area contributed by atoms with Crippen LogP contribution in [-0.4, -0.2) is 18.6 Å². The maximum absolute atomic E-state index is 12.6. The fourth-order valence-electron chi connectivity index (χ4n) is 1.21. The lowest BCUT2D eigenvalue weighted by molar-refractivity contribution is -0.186. The molecular formula is C11H11F3O2. The van der Waals surface area contributed by atoms with E-state index in [4.69, 9.17) is 0 Å². The summed E-state index contributed by atoms with van der Waals surface area (Å²) >= 11 is 0. The fourth-order valence-corrected chi connectivity index (χ4v) is 1.21. The summed E-state index contributed by atoms with van der Waals surface area (Å²) in [5, 5.41) is 0. The Morgan fingerprint density at radius 3 is 2.69 bits per heavy atom. The fraction of sp³-hybridized carbons (Fsp3) is 0.364. The Kier molecular flexibility index (Phi) is 3.93. The quantitative estimate of drug-likeness (QED) is 0.780. The largest absolute Gasteiger partial charge is 0.431 e. The van der Waals surface area contributed by atoms with Gasteiger partial charge in [0.25, 0.3) is 0 Å². The molecule has 0 heterocycles. The molecule has 5 heteroatoms. The van der Waals surface area contributed by atoms with E-state index in [9.17, 15) is 18.0 Å². The first-order valence-corrected chi connectivity index (χ1v) is 4.64. The predicted octanol–water partition coefficient (Wildman–Crippen LogP) is 2.76. The highest BCUT2D eigenvalue weighted by Crippen LogP contribution is 2.23. The summed E-state index contributed by atoms with van der Waals surface area (Å²) in [4.78, 5) is 10.8. The Bertz CT molecular complexity index is 377. The first-order chi connectivity index (χ1) is 7.43. The zero-order valence-electron chi connectivity index (χ0n) is 8.67. The average molecular weight is 232 g/mol. The molecule has 0 saturated heterocycles. The average Bonchev–Trinajstić information content (AvgIpc) is 2.16. The Morgan fingerprint density at radius 1 is 1.44 bits per heavy atom. The van der Waals surface area contributed by atoms with Crippen LogP contribution in [0.2, 0.25) is 0 Å². The maximum atomic E-state index is 12.6. The third kappa shape index (κ3) is 3.92. The molecule has 0 atom stereocenters. The van der Waals surface area contributed by atoms with Crippen molar-refractivity contribution in [2.75, 3.05) is 6.67 Å². The van der Waals surface area contributed by atoms with Gasteiger partial charge in [0.1, 0.15) is 11.5 Å². The third-order valence-electron chi connectivity index (χ3n) is 1.77. The van der Waals surface area contributed by atoms with Crippen LogP contribution in [0.25, 0.3) is 0 Å². The normalized spacial score (nSPS) is 11.2. The van der Waals surface area contributed by atoms with Crippen molar-refractivity contribution in [3.63, 3.8) is 0 Å². The SMILES string of the molecule is CC(=O)Cc1cccc(OC(F)(F)CF)c1. The molecule has 2 nitrogen and oxygen atoms in total. The number of alkyl halides is 3. The lowest BCUT2D eigenvalue weighted by Crippen LogP contribution is -2.27. The molecule has 0 radical (unpaired) electrons. The molecule has 0 aliphatic rings. The summed E-state index contributed by atoms with van der Waals surface area (Å²) in [5.41, 5.74) is 0.555. The van der Waals surface area contributed by atoms with E-state index in [0.717, 1.165) is 0 Å². The zero-order valence-corrected chi connectivity index (χ0v) is 8.67. The van der Waals surface area contributed by atoms with Gasteiger partial charge >= 0.3 is 6.11 Å². The van der Waals surface area contributed by atoms with Gasteiger partial charge in [-0.25, -0.2) is 4.39 Å². The second-order valence-electron chi connectivity index (χ2n) is 3.40. The van der Waals surface area contributed by atoms with Crippen LogP contribution in [-0.2, 0) is 11.2 Å². The van der Waals surface area contributed by atoms with E-state index in [1.165, 1.54) is 25.1 Å². The molecule has 0 aliphatic carbocycles. The minimum atomic E-state index is -3.82. The highest BCUT2D eigenvalue weighted by molar-refractivity contribution is 5.78. The van der Waals surface area contributed by atoms with E-state index in [0.29, 0.717) is 5.56 Å². The van der Waals surface area contributed by atoms with Crippen molar-refractivity contribution in [2.45, 2.75) is 19.5 Å². The molecule has 16 heavy (non-hydrogen) atoms. The summed E-state index contributed by atoms with van der Waals surface area (Å²) in [6.07, 6.45) is -3.69. The van der Waals surface area contributed by atoms with E-state index >= 15 is 0 Å². The van der Waals surface area contributed by atoms with Crippen molar-refractivity contribution >= 4 is 5.78 Å². The number of carbonyl (C=O) groups excluding carboxylic acids is 1. The molecule has 0 N–H and O–H groups in total. The van der Waals surface area contributed by atoms with Crippen molar-refractivity contribution in [1.82, 2.24) is 0 Å². The maximum Gasteiger partial charge on any atom is 0.427 e. The van der Waals surface area contributed by atoms with Gasteiger partial charge < -0.3 is 4.74 Å². The van der Waals surface area contributed by atoms with Gasteiger partial charge in [-0.1, -0.05) is 12.1 Å². The minimum absolute atomic E-state index is 0.0885. The van der Waals surface area contributed by atoms with Crippen LogP contribution in [0.5, 0.6) is 5.75 Å². The minimum Gasteiger partial charge on any atom is -0.431 e. The Morgan fingerprint density at radius 2 is 2.12 bits per heavy atom. The number of ether oxygens (including phenoxy) is 1. The lowest BCUT2D eigenvalue weighted by atomic mass is 10.1. The van der Waals surface area contributed by atoms with E-state index in [2.05, 4.69) is 4.74 Å². The smallest absolute Gasteiger partial charge is 0.427 e. The molecule has 0 fully saturated rings. The van der Waals surface area contributed by atoms with Crippen LogP contribution < -0.4 is 4.74 Å². The van der Waals surface area contributed by atoms with Gasteiger partial charge in [0.15, 0.2) is 6.67 Å². The monoisotopic (exact) mass is 232 g/mol. The van der Waals surface area contributed by atoms with Gasteiger partial charge in [-0.05, 0) is 24.6 Å². The number of ketones is 1. The second kappa shape index (κ2) is 5.01. The van der Waals surface area contributed by atoms with E-state index in [-0.39, 0.29) is 18.0 Å². The van der Waals surface area contributed by atoms with E-state index < -0.39 is 12.8 Å². The van der Waals surface area contributed by atoms with Crippen LogP contribution >= 0.6 is 0 Å². The topological polar surface area (TPSA) is 26.3 Å². The molecule has 1 aromatic carbocycles. The van der Waals surface area contributed by atoms with E-state index in [1.54, 1.807) is 6.07 Å². The number of hydrogen-bond donors (Lipinski definition) is 0. The first-order valence-electron chi connectivity index (χ1n) is 4.64. The molecule has 0 amide bonds. The number of Topliss-reactive ketones (excluding diaryl/α,β-unsaturated/α-hetero) is 1. The first kappa shape index (κ1) is 12.5. The van der Waals surface area contributed by atoms with Crippen LogP contribution in [0.15, 0.2) is 24.3 Å². The van der Waals surface area contributed by atoms with Crippen LogP contribution in [0.1, 0.15) is 12.5 Å². The van der Waals surface area contributed by atoms with Crippen molar-refractivity contribution < 1.29 is 22.7 Å². The lowest BCUT2D eigenvalue weighted by Gasteiger charge is -2.14. The van der Waals surface area contributed by atoms with Crippen molar-refractivity contribution in [3.05, 3.63) is 29.8 Å². The molecule has 0 spiro atoms. The molecule has 0 saturated carbocycles. The highest BCUT2D eigenvalue weighted by atomic mass is 19.3. The molecule has 0 bridgehead atoms. The van der Waals surface area contributed by atoms with Gasteiger partial charge in [-0.3, -0.25) is 4.79 Å². The summed E-state index contributed by atoms with van der Waals surface area (Å²) in [6, 6.07) is 5.67. The molecule has 1 rings (SSSR count). The van der Waals surface area contributed by atoms with Crippen molar-refractivity contribution in [2.24, 2.45) is 0 Å². The van der Waals surface area contributed by atoms with Crippen LogP contribution in [0.4, 0.5) is 13.2 Å². The van der Waals surface area contributed by atoms with Gasteiger partial charge in [0.05, 0.1) is 0 Å². The van der Waals surface area contributed by atoms with Crippen LogP contribution in [0.3, 0.4) is 0 Å². The highest BCUT2D eigenvalue weighted by Gasteiger charge is 2.31. The number of hydrogen-bond acceptors (Lipinski definition) is 2. The van der Waals surface area contributed by atoms with Gasteiger partial charge in [0.2, 0.25) is 0 Å². The molecule has 88 valence electrons. The van der Waals surface area contributed by atoms with Crippen molar-refractivity contribution in [3.8, 4) is 5.75 Å². The standard InChI is InChI=1S/C11H11F3O2/c1-8(15)5-9-3-2-4-10(6-9)16-11(13,14)7-12/h2-4,6H,5,7H2,1H3. The number of carbonyl (C=O) groups is 1. The van der Waals surface area contributed by atoms with Gasteiger partial charge in [0, 0.05) is 6.42 Å². The molecule has 1 aromatic rings. The van der Waals surface area contributed by atoms with Gasteiger partial charge in [-0.15, -0.1) is 0 Å². The van der Waals surface area contributed by atoms with Crippen molar-refractivity contribution in [1.29, 1.82) is 0 Å².